The van der Waals surface area contributed by atoms with Gasteiger partial charge in [-0.2, -0.15) is 5.10 Å². The molecule has 1 unspecified atom stereocenters. The summed E-state index contributed by atoms with van der Waals surface area (Å²) in [7, 11) is -3.47. The van der Waals surface area contributed by atoms with E-state index in [0.717, 1.165) is 17.7 Å². The van der Waals surface area contributed by atoms with E-state index in [4.69, 9.17) is 4.74 Å². The van der Waals surface area contributed by atoms with Gasteiger partial charge in [0.1, 0.15) is 5.75 Å². The Balaban J connectivity index is 2.43. The number of aromatic amines is 1. The van der Waals surface area contributed by atoms with Gasteiger partial charge in [-0.05, 0) is 32.4 Å². The molecule has 2 aromatic rings. The van der Waals surface area contributed by atoms with Crippen LogP contribution in [-0.2, 0) is 22.0 Å². The van der Waals surface area contributed by atoms with Crippen LogP contribution in [0.4, 0.5) is 5.69 Å². The summed E-state index contributed by atoms with van der Waals surface area (Å²) in [6.45, 7) is 12.1. The summed E-state index contributed by atoms with van der Waals surface area (Å²) in [4.78, 5) is 0. The van der Waals surface area contributed by atoms with Gasteiger partial charge in [-0.3, -0.25) is 9.40 Å². The SMILES string of the molecule is CCC(C)Oc1cccc(N(Cc2cn[nH]c2C(C)(C)C)S(=O)(=O)CC)c1. The van der Waals surface area contributed by atoms with Gasteiger partial charge in [0.05, 0.1) is 30.3 Å². The highest BCUT2D eigenvalue weighted by atomic mass is 32.2. The predicted molar refractivity (Wildman–Crippen MR) is 110 cm³/mol. The monoisotopic (exact) mass is 393 g/mol. The van der Waals surface area contributed by atoms with E-state index < -0.39 is 10.0 Å². The lowest BCUT2D eigenvalue weighted by Gasteiger charge is -2.26. The van der Waals surface area contributed by atoms with Crippen molar-refractivity contribution in [3.8, 4) is 5.75 Å². The third kappa shape index (κ3) is 5.25. The van der Waals surface area contributed by atoms with Crippen molar-refractivity contribution in [1.29, 1.82) is 0 Å². The standard InChI is InChI=1S/C20H31N3O3S/c1-7-15(3)26-18-11-9-10-17(12-18)23(27(24,25)8-2)14-16-13-21-22-19(16)20(4,5)6/h9-13,15H,7-8,14H2,1-6H3,(H,21,22). The molecular formula is C20H31N3O3S. The number of aromatic nitrogens is 2. The van der Waals surface area contributed by atoms with Gasteiger partial charge in [-0.1, -0.05) is 33.8 Å². The normalized spacial score (nSPS) is 13.4. The number of anilines is 1. The molecule has 1 aromatic heterocycles. The molecule has 2 rings (SSSR count). The number of sulfonamides is 1. The molecule has 1 aromatic carbocycles. The smallest absolute Gasteiger partial charge is 0.235 e. The first-order chi connectivity index (χ1) is 12.6. The molecule has 1 N–H and O–H groups in total. The van der Waals surface area contributed by atoms with Gasteiger partial charge in [0.15, 0.2) is 0 Å². The number of nitrogens with one attached hydrogen (secondary N) is 1. The fourth-order valence-corrected chi connectivity index (χ4v) is 3.85. The Labute approximate surface area is 163 Å². The second kappa shape index (κ2) is 8.33. The van der Waals surface area contributed by atoms with Crippen LogP contribution in [-0.4, -0.2) is 30.5 Å². The quantitative estimate of drug-likeness (QED) is 0.728. The number of hydrogen-bond acceptors (Lipinski definition) is 4. The Hall–Kier alpha value is -2.02. The highest BCUT2D eigenvalue weighted by molar-refractivity contribution is 7.92. The molecule has 0 saturated carbocycles. The van der Waals surface area contributed by atoms with Crippen molar-refractivity contribution in [2.75, 3.05) is 10.1 Å². The molecule has 150 valence electrons. The third-order valence-electron chi connectivity index (χ3n) is 4.50. The fourth-order valence-electron chi connectivity index (χ4n) is 2.77. The van der Waals surface area contributed by atoms with Crippen LogP contribution in [0.15, 0.2) is 30.5 Å². The van der Waals surface area contributed by atoms with Crippen molar-refractivity contribution in [3.05, 3.63) is 41.7 Å². The summed E-state index contributed by atoms with van der Waals surface area (Å²) >= 11 is 0. The molecule has 0 bridgehead atoms. The molecule has 0 radical (unpaired) electrons. The maximum Gasteiger partial charge on any atom is 0.235 e. The molecule has 0 amide bonds. The lowest BCUT2D eigenvalue weighted by atomic mass is 9.89. The summed E-state index contributed by atoms with van der Waals surface area (Å²) in [6.07, 6.45) is 2.65. The summed E-state index contributed by atoms with van der Waals surface area (Å²) < 4.78 is 33.0. The number of benzene rings is 1. The first-order valence-electron chi connectivity index (χ1n) is 9.38. The molecule has 0 aliphatic rings. The molecule has 7 heteroatoms. The number of rotatable bonds is 8. The van der Waals surface area contributed by atoms with Crippen molar-refractivity contribution in [2.45, 2.75) is 66.0 Å². The summed E-state index contributed by atoms with van der Waals surface area (Å²) in [5.74, 6) is 0.688. The Morgan fingerprint density at radius 2 is 1.96 bits per heavy atom. The minimum Gasteiger partial charge on any atom is -0.491 e. The highest BCUT2D eigenvalue weighted by Gasteiger charge is 2.26. The van der Waals surface area contributed by atoms with Crippen molar-refractivity contribution in [3.63, 3.8) is 0 Å². The average Bonchev–Trinajstić information content (AvgIpc) is 3.08. The Morgan fingerprint density at radius 1 is 1.26 bits per heavy atom. The van der Waals surface area contributed by atoms with Crippen molar-refractivity contribution in [2.24, 2.45) is 0 Å². The van der Waals surface area contributed by atoms with Crippen LogP contribution in [0, 0.1) is 0 Å². The molecule has 1 heterocycles. The van der Waals surface area contributed by atoms with E-state index in [1.54, 1.807) is 25.3 Å². The first kappa shape index (κ1) is 21.3. The summed E-state index contributed by atoms with van der Waals surface area (Å²) in [5, 5.41) is 7.16. The lowest BCUT2D eigenvalue weighted by molar-refractivity contribution is 0.217. The minimum atomic E-state index is -3.47. The van der Waals surface area contributed by atoms with E-state index >= 15 is 0 Å². The van der Waals surface area contributed by atoms with Crippen LogP contribution in [0.5, 0.6) is 5.75 Å². The van der Waals surface area contributed by atoms with Crippen LogP contribution in [0.1, 0.15) is 59.2 Å². The molecular weight excluding hydrogens is 362 g/mol. The van der Waals surface area contributed by atoms with Crippen molar-refractivity contribution in [1.82, 2.24) is 10.2 Å². The van der Waals surface area contributed by atoms with Crippen LogP contribution in [0.3, 0.4) is 0 Å². The van der Waals surface area contributed by atoms with Gasteiger partial charge in [-0.15, -0.1) is 0 Å². The van der Waals surface area contributed by atoms with Crippen LogP contribution >= 0.6 is 0 Å². The number of hydrogen-bond donors (Lipinski definition) is 1. The van der Waals surface area contributed by atoms with Crippen LogP contribution in [0.2, 0.25) is 0 Å². The largest absolute Gasteiger partial charge is 0.491 e. The topological polar surface area (TPSA) is 75.3 Å². The Kier molecular flexibility index (Phi) is 6.57. The maximum atomic E-state index is 12.8. The van der Waals surface area contributed by atoms with Crippen LogP contribution < -0.4 is 9.04 Å². The van der Waals surface area contributed by atoms with Crippen molar-refractivity contribution >= 4 is 15.7 Å². The second-order valence-electron chi connectivity index (χ2n) is 7.76. The van der Waals surface area contributed by atoms with Gasteiger partial charge >= 0.3 is 0 Å². The minimum absolute atomic E-state index is 0.0200. The first-order valence-corrected chi connectivity index (χ1v) is 11.0. The Morgan fingerprint density at radius 3 is 2.56 bits per heavy atom. The molecule has 0 saturated heterocycles. The van der Waals surface area contributed by atoms with Gasteiger partial charge in [0.25, 0.3) is 0 Å². The maximum absolute atomic E-state index is 12.8. The summed E-state index contributed by atoms with van der Waals surface area (Å²) in [5.41, 5.74) is 2.24. The highest BCUT2D eigenvalue weighted by Crippen LogP contribution is 2.29. The lowest BCUT2D eigenvalue weighted by Crippen LogP contribution is -2.32. The van der Waals surface area contributed by atoms with E-state index in [1.807, 2.05) is 19.1 Å². The predicted octanol–water partition coefficient (Wildman–Crippen LogP) is 4.24. The van der Waals surface area contributed by atoms with Gasteiger partial charge in [0.2, 0.25) is 10.0 Å². The number of nitrogens with zero attached hydrogens (tertiary/aromatic N) is 2. The van der Waals surface area contributed by atoms with E-state index in [1.165, 1.54) is 4.31 Å². The zero-order chi connectivity index (χ0) is 20.2. The number of ether oxygens (including phenoxy) is 1. The third-order valence-corrected chi connectivity index (χ3v) is 6.24. The van der Waals surface area contributed by atoms with Crippen LogP contribution in [0.25, 0.3) is 0 Å². The van der Waals surface area contributed by atoms with Gasteiger partial charge < -0.3 is 4.74 Å². The van der Waals surface area contributed by atoms with Crippen molar-refractivity contribution < 1.29 is 13.2 Å². The molecule has 0 spiro atoms. The van der Waals surface area contributed by atoms with E-state index in [-0.39, 0.29) is 23.8 Å². The zero-order valence-corrected chi connectivity index (χ0v) is 17.9. The second-order valence-corrected chi connectivity index (χ2v) is 9.94. The van der Waals surface area contributed by atoms with Gasteiger partial charge in [0, 0.05) is 22.7 Å². The molecule has 27 heavy (non-hydrogen) atoms. The van der Waals surface area contributed by atoms with Gasteiger partial charge in [-0.25, -0.2) is 8.42 Å². The number of H-pyrrole nitrogens is 1. The van der Waals surface area contributed by atoms with E-state index in [0.29, 0.717) is 11.4 Å². The Bertz CT molecular complexity index is 853. The summed E-state index contributed by atoms with van der Waals surface area (Å²) in [6, 6.07) is 7.26. The molecule has 6 nitrogen and oxygen atoms in total. The molecule has 1 atom stereocenters. The van der Waals surface area contributed by atoms with E-state index in [2.05, 4.69) is 37.9 Å². The van der Waals surface area contributed by atoms with E-state index in [9.17, 15) is 8.42 Å². The molecule has 0 fully saturated rings. The molecule has 0 aliphatic carbocycles. The zero-order valence-electron chi connectivity index (χ0n) is 17.1. The average molecular weight is 394 g/mol. The molecule has 0 aliphatic heterocycles. The fraction of sp³-hybridized carbons (Fsp3) is 0.550.